The van der Waals surface area contributed by atoms with Crippen LogP contribution in [0.2, 0.25) is 0 Å². The molecule has 1 aromatic rings. The van der Waals surface area contributed by atoms with E-state index in [9.17, 15) is 0 Å². The Labute approximate surface area is 105 Å². The van der Waals surface area contributed by atoms with Crippen LogP contribution in [0.4, 0.5) is 0 Å². The maximum atomic E-state index is 3.60. The molecule has 1 aliphatic carbocycles. The van der Waals surface area contributed by atoms with E-state index < -0.39 is 0 Å². The molecular weight excluding hydrogens is 206 g/mol. The third-order valence-electron chi connectivity index (χ3n) is 3.31. The van der Waals surface area contributed by atoms with E-state index in [1.807, 2.05) is 0 Å². The van der Waals surface area contributed by atoms with Crippen molar-refractivity contribution in [2.45, 2.75) is 39.7 Å². The Morgan fingerprint density at radius 1 is 1.41 bits per heavy atom. The normalized spacial score (nSPS) is 16.6. The number of hydrogen-bond donors (Lipinski definition) is 1. The average molecular weight is 229 g/mol. The lowest BCUT2D eigenvalue weighted by Gasteiger charge is -2.12. The van der Waals surface area contributed by atoms with Crippen LogP contribution in [0, 0.1) is 12.8 Å². The van der Waals surface area contributed by atoms with E-state index in [2.05, 4.69) is 56.4 Å². The van der Waals surface area contributed by atoms with Crippen LogP contribution in [-0.4, -0.2) is 12.6 Å². The lowest BCUT2D eigenvalue weighted by atomic mass is 9.99. The molecule has 0 saturated heterocycles. The molecule has 0 spiro atoms. The number of hydrogen-bond acceptors (Lipinski definition) is 1. The molecule has 1 saturated carbocycles. The van der Waals surface area contributed by atoms with E-state index in [1.165, 1.54) is 29.5 Å². The smallest absolute Gasteiger partial charge is 0.0173 e. The minimum Gasteiger partial charge on any atom is -0.310 e. The zero-order valence-electron chi connectivity index (χ0n) is 11.2. The predicted octanol–water partition coefficient (Wildman–Crippen LogP) is 3.79. The van der Waals surface area contributed by atoms with Crippen molar-refractivity contribution < 1.29 is 0 Å². The van der Waals surface area contributed by atoms with E-state index >= 15 is 0 Å². The van der Waals surface area contributed by atoms with Gasteiger partial charge < -0.3 is 5.32 Å². The predicted molar refractivity (Wildman–Crippen MR) is 75.0 cm³/mol. The third kappa shape index (κ3) is 4.01. The molecule has 0 amide bonds. The van der Waals surface area contributed by atoms with Gasteiger partial charge in [0.05, 0.1) is 0 Å². The van der Waals surface area contributed by atoms with Crippen LogP contribution in [0.25, 0.3) is 6.08 Å². The van der Waals surface area contributed by atoms with Crippen LogP contribution in [0.15, 0.2) is 29.8 Å². The van der Waals surface area contributed by atoms with Crippen molar-refractivity contribution in [1.29, 1.82) is 0 Å². The SMILES string of the molecule is Cc1cccc(C=C(CNC2CC2)C(C)C)c1. The van der Waals surface area contributed by atoms with Crippen molar-refractivity contribution in [3.05, 3.63) is 41.0 Å². The Kier molecular flexibility index (Phi) is 4.01. The monoisotopic (exact) mass is 229 g/mol. The average Bonchev–Trinajstić information content (AvgIpc) is 3.07. The van der Waals surface area contributed by atoms with Crippen molar-refractivity contribution >= 4 is 6.08 Å². The van der Waals surface area contributed by atoms with Gasteiger partial charge in [-0.05, 0) is 31.2 Å². The topological polar surface area (TPSA) is 12.0 Å². The summed E-state index contributed by atoms with van der Waals surface area (Å²) in [6, 6.07) is 9.50. The van der Waals surface area contributed by atoms with Gasteiger partial charge in [0.1, 0.15) is 0 Å². The Hall–Kier alpha value is -1.08. The first kappa shape index (κ1) is 12.4. The highest BCUT2D eigenvalue weighted by Crippen LogP contribution is 2.21. The summed E-state index contributed by atoms with van der Waals surface area (Å²) in [5, 5.41) is 3.60. The van der Waals surface area contributed by atoms with Crippen molar-refractivity contribution in [3.8, 4) is 0 Å². The van der Waals surface area contributed by atoms with Crippen LogP contribution >= 0.6 is 0 Å². The first-order valence-corrected chi connectivity index (χ1v) is 6.65. The Bertz CT molecular complexity index is 400. The van der Waals surface area contributed by atoms with Crippen molar-refractivity contribution in [2.24, 2.45) is 5.92 Å². The van der Waals surface area contributed by atoms with Gasteiger partial charge in [-0.25, -0.2) is 0 Å². The highest BCUT2D eigenvalue weighted by Gasteiger charge is 2.20. The summed E-state index contributed by atoms with van der Waals surface area (Å²) in [6.07, 6.45) is 5.05. The summed E-state index contributed by atoms with van der Waals surface area (Å²) in [5.41, 5.74) is 4.16. The zero-order valence-corrected chi connectivity index (χ0v) is 11.2. The number of aryl methyl sites for hydroxylation is 1. The van der Waals surface area contributed by atoms with E-state index in [4.69, 9.17) is 0 Å². The van der Waals surface area contributed by atoms with Crippen LogP contribution in [0.3, 0.4) is 0 Å². The summed E-state index contributed by atoms with van der Waals surface area (Å²) < 4.78 is 0. The zero-order chi connectivity index (χ0) is 12.3. The summed E-state index contributed by atoms with van der Waals surface area (Å²) in [6.45, 7) is 7.73. The van der Waals surface area contributed by atoms with E-state index in [1.54, 1.807) is 0 Å². The molecule has 1 nitrogen and oxygen atoms in total. The maximum absolute atomic E-state index is 3.60. The standard InChI is InChI=1S/C16H23N/c1-12(2)15(11-17-16-7-8-16)10-14-6-4-5-13(3)9-14/h4-6,9-10,12,16-17H,7-8,11H2,1-3H3. The van der Waals surface area contributed by atoms with E-state index in [0.29, 0.717) is 5.92 Å². The summed E-state index contributed by atoms with van der Waals surface area (Å²) in [7, 11) is 0. The Morgan fingerprint density at radius 2 is 2.18 bits per heavy atom. The summed E-state index contributed by atoms with van der Waals surface area (Å²) >= 11 is 0. The number of nitrogens with one attached hydrogen (secondary N) is 1. The molecule has 0 bridgehead atoms. The highest BCUT2D eigenvalue weighted by atomic mass is 14.9. The van der Waals surface area contributed by atoms with Gasteiger partial charge in [-0.15, -0.1) is 0 Å². The van der Waals surface area contributed by atoms with Crippen molar-refractivity contribution in [1.82, 2.24) is 5.32 Å². The van der Waals surface area contributed by atoms with Crippen molar-refractivity contribution in [3.63, 3.8) is 0 Å². The molecule has 1 aromatic carbocycles. The van der Waals surface area contributed by atoms with Crippen LogP contribution < -0.4 is 5.32 Å². The lowest BCUT2D eigenvalue weighted by Crippen LogP contribution is -2.21. The second kappa shape index (κ2) is 5.50. The van der Waals surface area contributed by atoms with Gasteiger partial charge in [0, 0.05) is 12.6 Å². The molecule has 0 aromatic heterocycles. The first-order valence-electron chi connectivity index (χ1n) is 6.65. The van der Waals surface area contributed by atoms with Gasteiger partial charge >= 0.3 is 0 Å². The van der Waals surface area contributed by atoms with Crippen LogP contribution in [0.5, 0.6) is 0 Å². The molecule has 0 heterocycles. The lowest BCUT2D eigenvalue weighted by molar-refractivity contribution is 0.662. The number of rotatable bonds is 5. The molecule has 17 heavy (non-hydrogen) atoms. The van der Waals surface area contributed by atoms with Gasteiger partial charge in [-0.3, -0.25) is 0 Å². The minimum absolute atomic E-state index is 0.613. The Balaban J connectivity index is 2.07. The van der Waals surface area contributed by atoms with Gasteiger partial charge in [0.15, 0.2) is 0 Å². The fraction of sp³-hybridized carbons (Fsp3) is 0.500. The second-order valence-corrected chi connectivity index (χ2v) is 5.44. The van der Waals surface area contributed by atoms with Gasteiger partial charge in [-0.1, -0.05) is 55.3 Å². The minimum atomic E-state index is 0.613. The first-order chi connectivity index (χ1) is 8.15. The molecule has 0 aliphatic heterocycles. The molecule has 92 valence electrons. The molecule has 1 heteroatoms. The molecule has 0 radical (unpaired) electrons. The third-order valence-corrected chi connectivity index (χ3v) is 3.31. The molecule has 1 aliphatic rings. The molecule has 0 unspecified atom stereocenters. The second-order valence-electron chi connectivity index (χ2n) is 5.44. The van der Waals surface area contributed by atoms with Crippen LogP contribution in [-0.2, 0) is 0 Å². The fourth-order valence-corrected chi connectivity index (χ4v) is 1.95. The van der Waals surface area contributed by atoms with E-state index in [-0.39, 0.29) is 0 Å². The van der Waals surface area contributed by atoms with Gasteiger partial charge in [0.25, 0.3) is 0 Å². The fourth-order valence-electron chi connectivity index (χ4n) is 1.95. The largest absolute Gasteiger partial charge is 0.310 e. The highest BCUT2D eigenvalue weighted by molar-refractivity contribution is 5.54. The van der Waals surface area contributed by atoms with E-state index in [0.717, 1.165) is 12.6 Å². The van der Waals surface area contributed by atoms with Gasteiger partial charge in [-0.2, -0.15) is 0 Å². The Morgan fingerprint density at radius 3 is 2.76 bits per heavy atom. The van der Waals surface area contributed by atoms with Crippen molar-refractivity contribution in [2.75, 3.05) is 6.54 Å². The summed E-state index contributed by atoms with van der Waals surface area (Å²) in [4.78, 5) is 0. The maximum Gasteiger partial charge on any atom is 0.0173 e. The summed E-state index contributed by atoms with van der Waals surface area (Å²) in [5.74, 6) is 0.613. The quantitative estimate of drug-likeness (QED) is 0.810. The molecule has 1 fully saturated rings. The van der Waals surface area contributed by atoms with Crippen LogP contribution in [0.1, 0.15) is 37.8 Å². The molecule has 0 atom stereocenters. The molecule has 2 rings (SSSR count). The number of benzene rings is 1. The molecule has 1 N–H and O–H groups in total. The van der Waals surface area contributed by atoms with Gasteiger partial charge in [0.2, 0.25) is 0 Å². The molecular formula is C16H23N.